The number of rotatable bonds is 16. The smallest absolute Gasteiger partial charge is 0.348 e. The van der Waals surface area contributed by atoms with Crippen molar-refractivity contribution >= 4 is 51.9 Å². The van der Waals surface area contributed by atoms with Gasteiger partial charge in [0, 0.05) is 6.54 Å². The van der Waals surface area contributed by atoms with Crippen molar-refractivity contribution in [2.45, 2.75) is 71.0 Å². The Morgan fingerprint density at radius 1 is 1.02 bits per heavy atom. The van der Waals surface area contributed by atoms with Crippen LogP contribution >= 0.6 is 23.1 Å². The van der Waals surface area contributed by atoms with Gasteiger partial charge in [-0.15, -0.1) is 21.5 Å². The maximum atomic E-state index is 13.3. The molecule has 0 saturated heterocycles. The van der Waals surface area contributed by atoms with Crippen molar-refractivity contribution in [3.05, 3.63) is 52.2 Å². The van der Waals surface area contributed by atoms with Gasteiger partial charge in [0.05, 0.1) is 30.6 Å². The number of para-hydroxylation sites is 1. The van der Waals surface area contributed by atoms with Gasteiger partial charge in [-0.05, 0) is 51.8 Å². The molecule has 0 radical (unpaired) electrons. The molecule has 0 spiro atoms. The number of ether oxygens (including phenoxy) is 3. The molecule has 0 saturated carbocycles. The van der Waals surface area contributed by atoms with Crippen molar-refractivity contribution in [2.24, 2.45) is 0 Å². The lowest BCUT2D eigenvalue weighted by Crippen LogP contribution is -2.29. The Bertz CT molecular complexity index is 1410. The number of thiophene rings is 1. The normalized spacial score (nSPS) is 11.5. The number of hydrogen-bond acceptors (Lipinski definition) is 11. The molecule has 1 unspecified atom stereocenters. The molecule has 12 nitrogen and oxygen atoms in total. The summed E-state index contributed by atoms with van der Waals surface area (Å²) in [6, 6.07) is 9.05. The predicted octanol–water partition coefficient (Wildman–Crippen LogP) is 4.62. The fourth-order valence-electron chi connectivity index (χ4n) is 3.84. The van der Waals surface area contributed by atoms with Crippen molar-refractivity contribution in [1.29, 1.82) is 0 Å². The number of esters is 2. The molecule has 3 aromatic rings. The molecule has 14 heteroatoms. The number of unbranched alkanes of at least 4 members (excludes halogenated alkanes) is 1. The molecule has 0 bridgehead atoms. The van der Waals surface area contributed by atoms with Crippen LogP contribution in [0.15, 0.2) is 35.5 Å². The van der Waals surface area contributed by atoms with Crippen molar-refractivity contribution < 1.29 is 33.4 Å². The van der Waals surface area contributed by atoms with Gasteiger partial charge in [0.1, 0.15) is 15.6 Å². The standard InChI is InChI=1S/C29H37N5O7S2/c1-6-9-15-34-21(16-30-22(35)17-41-20-13-11-10-12-14-20)32-33-29(34)42-19(5)25(36)31-26-23(27(37)39-7-2)18(4)24(43-26)28(38)40-8-3/h10-14,19H,6-9,15-17H2,1-5H3,(H,30,35)(H,31,36). The molecule has 2 aromatic heterocycles. The number of amides is 2. The van der Waals surface area contributed by atoms with Crippen LogP contribution in [0.2, 0.25) is 0 Å². The zero-order valence-electron chi connectivity index (χ0n) is 24.9. The lowest BCUT2D eigenvalue weighted by Gasteiger charge is -2.14. The highest BCUT2D eigenvalue weighted by Gasteiger charge is 2.29. The van der Waals surface area contributed by atoms with Crippen LogP contribution in [0.3, 0.4) is 0 Å². The van der Waals surface area contributed by atoms with E-state index in [1.54, 1.807) is 39.8 Å². The van der Waals surface area contributed by atoms with E-state index in [0.29, 0.717) is 28.8 Å². The summed E-state index contributed by atoms with van der Waals surface area (Å²) in [5, 5.41) is 14.2. The van der Waals surface area contributed by atoms with E-state index in [1.807, 2.05) is 22.8 Å². The summed E-state index contributed by atoms with van der Waals surface area (Å²) in [6.07, 6.45) is 1.77. The number of nitrogens with zero attached hydrogens (tertiary/aromatic N) is 3. The third-order valence-corrected chi connectivity index (χ3v) is 8.33. The molecule has 2 amide bonds. The first-order valence-electron chi connectivity index (χ1n) is 14.0. The van der Waals surface area contributed by atoms with Gasteiger partial charge in [0.2, 0.25) is 5.91 Å². The predicted molar refractivity (Wildman–Crippen MR) is 164 cm³/mol. The van der Waals surface area contributed by atoms with Crippen LogP contribution in [0, 0.1) is 6.92 Å². The number of benzene rings is 1. The molecule has 3 rings (SSSR count). The molecular weight excluding hydrogens is 594 g/mol. The molecule has 2 heterocycles. The number of anilines is 1. The Hall–Kier alpha value is -3.91. The highest BCUT2D eigenvalue weighted by atomic mass is 32.2. The molecule has 2 N–H and O–H groups in total. The molecule has 232 valence electrons. The van der Waals surface area contributed by atoms with Crippen LogP contribution in [0.25, 0.3) is 0 Å². The first kappa shape index (κ1) is 33.6. The Balaban J connectivity index is 1.71. The number of carbonyl (C=O) groups excluding carboxylic acids is 4. The summed E-state index contributed by atoms with van der Waals surface area (Å²) >= 11 is 2.17. The number of carbonyl (C=O) groups is 4. The molecule has 1 atom stereocenters. The SMILES string of the molecule is CCCCn1c(CNC(=O)COc2ccccc2)nnc1SC(C)C(=O)Nc1sc(C(=O)OCC)c(C)c1C(=O)OCC. The third-order valence-electron chi connectivity index (χ3n) is 6.06. The van der Waals surface area contributed by atoms with E-state index in [-0.39, 0.29) is 47.7 Å². The Morgan fingerprint density at radius 2 is 1.72 bits per heavy atom. The van der Waals surface area contributed by atoms with Crippen LogP contribution in [-0.2, 0) is 32.2 Å². The Kier molecular flexibility index (Phi) is 13.0. The van der Waals surface area contributed by atoms with Gasteiger partial charge < -0.3 is 29.4 Å². The van der Waals surface area contributed by atoms with Crippen molar-refractivity contribution in [3.63, 3.8) is 0 Å². The molecule has 0 fully saturated rings. The average Bonchev–Trinajstić information content (AvgIpc) is 3.53. The van der Waals surface area contributed by atoms with Crippen LogP contribution < -0.4 is 15.4 Å². The van der Waals surface area contributed by atoms with Gasteiger partial charge in [0.25, 0.3) is 5.91 Å². The Labute approximate surface area is 258 Å². The van der Waals surface area contributed by atoms with E-state index < -0.39 is 23.1 Å². The van der Waals surface area contributed by atoms with Gasteiger partial charge in [-0.1, -0.05) is 43.3 Å². The zero-order chi connectivity index (χ0) is 31.4. The van der Waals surface area contributed by atoms with Crippen LogP contribution in [0.1, 0.15) is 72.0 Å². The fraction of sp³-hybridized carbons (Fsp3) is 0.448. The molecule has 0 aliphatic carbocycles. The summed E-state index contributed by atoms with van der Waals surface area (Å²) < 4.78 is 17.7. The number of aromatic nitrogens is 3. The minimum atomic E-state index is -0.644. The average molecular weight is 632 g/mol. The summed E-state index contributed by atoms with van der Waals surface area (Å²) in [6.45, 7) is 9.67. The van der Waals surface area contributed by atoms with Crippen LogP contribution in [-0.4, -0.2) is 63.6 Å². The molecule has 43 heavy (non-hydrogen) atoms. The quantitative estimate of drug-likeness (QED) is 0.169. The van der Waals surface area contributed by atoms with E-state index in [2.05, 4.69) is 27.8 Å². The fourth-order valence-corrected chi connectivity index (χ4v) is 5.82. The lowest BCUT2D eigenvalue weighted by atomic mass is 10.1. The van der Waals surface area contributed by atoms with Crippen molar-refractivity contribution in [3.8, 4) is 5.75 Å². The number of thioether (sulfide) groups is 1. The first-order valence-corrected chi connectivity index (χ1v) is 15.7. The lowest BCUT2D eigenvalue weighted by molar-refractivity contribution is -0.123. The minimum Gasteiger partial charge on any atom is -0.484 e. The maximum absolute atomic E-state index is 13.3. The van der Waals surface area contributed by atoms with Gasteiger partial charge in [-0.3, -0.25) is 9.59 Å². The zero-order valence-corrected chi connectivity index (χ0v) is 26.6. The Morgan fingerprint density at radius 3 is 2.40 bits per heavy atom. The minimum absolute atomic E-state index is 0.126. The highest BCUT2D eigenvalue weighted by Crippen LogP contribution is 2.35. The molecule has 0 aliphatic rings. The maximum Gasteiger partial charge on any atom is 0.348 e. The summed E-state index contributed by atoms with van der Waals surface area (Å²) in [4.78, 5) is 51.0. The second kappa shape index (κ2) is 16.7. The second-order valence-electron chi connectivity index (χ2n) is 9.23. The van der Waals surface area contributed by atoms with Crippen molar-refractivity contribution in [1.82, 2.24) is 20.1 Å². The van der Waals surface area contributed by atoms with E-state index in [0.717, 1.165) is 24.2 Å². The van der Waals surface area contributed by atoms with E-state index in [4.69, 9.17) is 14.2 Å². The largest absolute Gasteiger partial charge is 0.484 e. The number of nitrogens with one attached hydrogen (secondary N) is 2. The number of hydrogen-bond donors (Lipinski definition) is 2. The van der Waals surface area contributed by atoms with Gasteiger partial charge in [-0.25, -0.2) is 9.59 Å². The third kappa shape index (κ3) is 9.29. The van der Waals surface area contributed by atoms with Gasteiger partial charge >= 0.3 is 11.9 Å². The van der Waals surface area contributed by atoms with Crippen LogP contribution in [0.4, 0.5) is 5.00 Å². The topological polar surface area (TPSA) is 151 Å². The van der Waals surface area contributed by atoms with Crippen molar-refractivity contribution in [2.75, 3.05) is 25.1 Å². The summed E-state index contributed by atoms with van der Waals surface area (Å²) in [5.74, 6) is -0.767. The molecule has 1 aromatic carbocycles. The molecule has 0 aliphatic heterocycles. The van der Waals surface area contributed by atoms with Gasteiger partial charge in [-0.2, -0.15) is 0 Å². The van der Waals surface area contributed by atoms with Crippen LogP contribution in [0.5, 0.6) is 5.75 Å². The van der Waals surface area contributed by atoms with Gasteiger partial charge in [0.15, 0.2) is 17.6 Å². The monoisotopic (exact) mass is 631 g/mol. The van der Waals surface area contributed by atoms with E-state index in [1.165, 1.54) is 11.8 Å². The second-order valence-corrected chi connectivity index (χ2v) is 11.6. The van der Waals surface area contributed by atoms with E-state index >= 15 is 0 Å². The van der Waals surface area contributed by atoms with E-state index in [9.17, 15) is 19.2 Å². The first-order chi connectivity index (χ1) is 20.7. The summed E-state index contributed by atoms with van der Waals surface area (Å²) in [7, 11) is 0. The highest BCUT2D eigenvalue weighted by molar-refractivity contribution is 8.00. The molecular formula is C29H37N5O7S2. The summed E-state index contributed by atoms with van der Waals surface area (Å²) in [5.41, 5.74) is 0.513.